The number of aliphatic hydroxyl groups excluding tert-OH is 1. The highest BCUT2D eigenvalue weighted by Crippen LogP contribution is 2.24. The van der Waals surface area contributed by atoms with E-state index < -0.39 is 6.10 Å². The monoisotopic (exact) mass is 389 g/mol. The molecule has 0 spiro atoms. The van der Waals surface area contributed by atoms with Gasteiger partial charge >= 0.3 is 0 Å². The maximum atomic E-state index is 10.6. The Morgan fingerprint density at radius 1 is 0.793 bits per heavy atom. The van der Waals surface area contributed by atoms with E-state index in [1.807, 2.05) is 42.5 Å². The quantitative estimate of drug-likeness (QED) is 0.507. The van der Waals surface area contributed by atoms with Crippen LogP contribution in [-0.4, -0.2) is 36.2 Å². The summed E-state index contributed by atoms with van der Waals surface area (Å²) >= 11 is 0. The van der Waals surface area contributed by atoms with Crippen molar-refractivity contribution in [1.29, 1.82) is 0 Å². The number of aliphatic hydroxyl groups is 1. The first-order chi connectivity index (χ1) is 14.2. The van der Waals surface area contributed by atoms with Crippen molar-refractivity contribution < 1.29 is 9.84 Å². The normalized spacial score (nSPS) is 12.1. The SMILES string of the molecule is CCN(CC)CCOc1ccc(C(O)Cc2ccc(-c3ccccc3)cc2)cc1. The van der Waals surface area contributed by atoms with Crippen LogP contribution in [0, 0.1) is 0 Å². The molecule has 0 heterocycles. The molecule has 0 saturated carbocycles. The molecule has 0 bridgehead atoms. The van der Waals surface area contributed by atoms with Crippen LogP contribution < -0.4 is 4.74 Å². The van der Waals surface area contributed by atoms with Gasteiger partial charge in [0, 0.05) is 13.0 Å². The Morgan fingerprint density at radius 3 is 2.03 bits per heavy atom. The van der Waals surface area contributed by atoms with Crippen molar-refractivity contribution in [3.05, 3.63) is 90.0 Å². The Bertz CT molecular complexity index is 840. The van der Waals surface area contributed by atoms with E-state index in [2.05, 4.69) is 55.1 Å². The molecule has 3 rings (SSSR count). The largest absolute Gasteiger partial charge is 0.492 e. The second-order valence-electron chi connectivity index (χ2n) is 7.23. The van der Waals surface area contributed by atoms with E-state index in [-0.39, 0.29) is 0 Å². The lowest BCUT2D eigenvalue weighted by atomic mass is 9.98. The van der Waals surface area contributed by atoms with Gasteiger partial charge in [-0.05, 0) is 47.5 Å². The molecule has 3 aromatic rings. The summed E-state index contributed by atoms with van der Waals surface area (Å²) in [5.74, 6) is 0.848. The van der Waals surface area contributed by atoms with E-state index in [1.54, 1.807) is 0 Å². The van der Waals surface area contributed by atoms with Crippen LogP contribution in [0.25, 0.3) is 11.1 Å². The van der Waals surface area contributed by atoms with E-state index in [0.29, 0.717) is 13.0 Å². The molecule has 0 radical (unpaired) electrons. The number of benzene rings is 3. The predicted molar refractivity (Wildman–Crippen MR) is 120 cm³/mol. The molecule has 1 unspecified atom stereocenters. The summed E-state index contributed by atoms with van der Waals surface area (Å²) in [7, 11) is 0. The molecule has 1 N–H and O–H groups in total. The molecule has 0 fully saturated rings. The number of hydrogen-bond acceptors (Lipinski definition) is 3. The summed E-state index contributed by atoms with van der Waals surface area (Å²) in [6.07, 6.45) is 0.0688. The van der Waals surface area contributed by atoms with E-state index in [4.69, 9.17) is 4.74 Å². The van der Waals surface area contributed by atoms with Crippen molar-refractivity contribution in [3.63, 3.8) is 0 Å². The Hall–Kier alpha value is -2.62. The molecule has 3 nitrogen and oxygen atoms in total. The number of rotatable bonds is 10. The zero-order chi connectivity index (χ0) is 20.5. The fourth-order valence-electron chi connectivity index (χ4n) is 3.42. The second kappa shape index (κ2) is 10.8. The summed E-state index contributed by atoms with van der Waals surface area (Å²) in [5, 5.41) is 10.6. The Labute approximate surface area is 174 Å². The highest BCUT2D eigenvalue weighted by atomic mass is 16.5. The zero-order valence-corrected chi connectivity index (χ0v) is 17.4. The minimum Gasteiger partial charge on any atom is -0.492 e. The average molecular weight is 390 g/mol. The van der Waals surface area contributed by atoms with Crippen LogP contribution in [-0.2, 0) is 6.42 Å². The van der Waals surface area contributed by atoms with Crippen LogP contribution >= 0.6 is 0 Å². The van der Waals surface area contributed by atoms with E-state index in [1.165, 1.54) is 11.1 Å². The smallest absolute Gasteiger partial charge is 0.119 e. The first kappa shape index (κ1) is 21.1. The van der Waals surface area contributed by atoms with Gasteiger partial charge in [-0.15, -0.1) is 0 Å². The van der Waals surface area contributed by atoms with Crippen LogP contribution in [0.4, 0.5) is 0 Å². The first-order valence-corrected chi connectivity index (χ1v) is 10.5. The zero-order valence-electron chi connectivity index (χ0n) is 17.4. The van der Waals surface area contributed by atoms with Gasteiger partial charge in [0.25, 0.3) is 0 Å². The summed E-state index contributed by atoms with van der Waals surface area (Å²) in [4.78, 5) is 2.33. The van der Waals surface area contributed by atoms with Crippen LogP contribution in [0.15, 0.2) is 78.9 Å². The molecule has 0 amide bonds. The lowest BCUT2D eigenvalue weighted by molar-refractivity contribution is 0.178. The second-order valence-corrected chi connectivity index (χ2v) is 7.23. The van der Waals surface area contributed by atoms with E-state index in [0.717, 1.165) is 36.5 Å². The van der Waals surface area contributed by atoms with Crippen LogP contribution in [0.3, 0.4) is 0 Å². The summed E-state index contributed by atoms with van der Waals surface area (Å²) < 4.78 is 5.83. The van der Waals surface area contributed by atoms with Crippen molar-refractivity contribution in [2.24, 2.45) is 0 Å². The van der Waals surface area contributed by atoms with Gasteiger partial charge in [-0.3, -0.25) is 0 Å². The van der Waals surface area contributed by atoms with E-state index in [9.17, 15) is 5.11 Å². The van der Waals surface area contributed by atoms with Gasteiger partial charge in [0.1, 0.15) is 12.4 Å². The van der Waals surface area contributed by atoms with Gasteiger partial charge in [-0.1, -0.05) is 80.6 Å². The molecule has 3 aromatic carbocycles. The van der Waals surface area contributed by atoms with Crippen molar-refractivity contribution >= 4 is 0 Å². The van der Waals surface area contributed by atoms with E-state index >= 15 is 0 Å². The molecule has 0 aliphatic rings. The molecule has 3 heteroatoms. The fourth-order valence-corrected chi connectivity index (χ4v) is 3.42. The highest BCUT2D eigenvalue weighted by molar-refractivity contribution is 5.63. The lowest BCUT2D eigenvalue weighted by Crippen LogP contribution is -2.27. The molecular weight excluding hydrogens is 358 g/mol. The maximum absolute atomic E-state index is 10.6. The molecule has 0 aromatic heterocycles. The Balaban J connectivity index is 1.53. The Kier molecular flexibility index (Phi) is 7.85. The van der Waals surface area contributed by atoms with Crippen LogP contribution in [0.1, 0.15) is 31.1 Å². The number of ether oxygens (including phenoxy) is 1. The van der Waals surface area contributed by atoms with Gasteiger partial charge in [0.2, 0.25) is 0 Å². The molecule has 152 valence electrons. The summed E-state index contributed by atoms with van der Waals surface area (Å²) in [6, 6.07) is 26.5. The standard InChI is InChI=1S/C26H31NO2/c1-3-27(4-2)18-19-29-25-16-14-24(15-17-25)26(28)20-21-10-12-23(13-11-21)22-8-6-5-7-9-22/h5-17,26,28H,3-4,18-20H2,1-2H3. The van der Waals surface area contributed by atoms with Crippen molar-refractivity contribution in [1.82, 2.24) is 4.90 Å². The van der Waals surface area contributed by atoms with Gasteiger partial charge in [-0.25, -0.2) is 0 Å². The highest BCUT2D eigenvalue weighted by Gasteiger charge is 2.09. The number of likely N-dealkylation sites (N-methyl/N-ethyl adjacent to an activating group) is 1. The average Bonchev–Trinajstić information content (AvgIpc) is 2.78. The topological polar surface area (TPSA) is 32.7 Å². The predicted octanol–water partition coefficient (Wildman–Crippen LogP) is 5.35. The molecular formula is C26H31NO2. The van der Waals surface area contributed by atoms with Gasteiger partial charge in [-0.2, -0.15) is 0 Å². The third kappa shape index (κ3) is 6.18. The van der Waals surface area contributed by atoms with Gasteiger partial charge < -0.3 is 14.7 Å². The first-order valence-electron chi connectivity index (χ1n) is 10.5. The third-order valence-electron chi connectivity index (χ3n) is 5.33. The molecule has 1 atom stereocenters. The molecule has 0 saturated heterocycles. The van der Waals surface area contributed by atoms with Crippen LogP contribution in [0.5, 0.6) is 5.75 Å². The molecule has 0 aliphatic heterocycles. The van der Waals surface area contributed by atoms with Crippen molar-refractivity contribution in [2.75, 3.05) is 26.2 Å². The Morgan fingerprint density at radius 2 is 1.41 bits per heavy atom. The minimum absolute atomic E-state index is 0.526. The van der Waals surface area contributed by atoms with Crippen molar-refractivity contribution in [3.8, 4) is 16.9 Å². The number of nitrogens with zero attached hydrogens (tertiary/aromatic N) is 1. The third-order valence-corrected chi connectivity index (χ3v) is 5.33. The molecule has 0 aliphatic carbocycles. The maximum Gasteiger partial charge on any atom is 0.119 e. The summed E-state index contributed by atoms with van der Waals surface area (Å²) in [6.45, 7) is 8.01. The van der Waals surface area contributed by atoms with Gasteiger partial charge in [0.15, 0.2) is 0 Å². The minimum atomic E-state index is -0.526. The molecule has 29 heavy (non-hydrogen) atoms. The van der Waals surface area contributed by atoms with Crippen LogP contribution in [0.2, 0.25) is 0 Å². The van der Waals surface area contributed by atoms with Crippen molar-refractivity contribution in [2.45, 2.75) is 26.4 Å². The fraction of sp³-hybridized carbons (Fsp3) is 0.308. The lowest BCUT2D eigenvalue weighted by Gasteiger charge is -2.18. The summed E-state index contributed by atoms with van der Waals surface area (Å²) in [5.41, 5.74) is 4.43. The van der Waals surface area contributed by atoms with Gasteiger partial charge in [0.05, 0.1) is 6.10 Å². The number of hydrogen-bond donors (Lipinski definition) is 1.